The number of benzene rings is 3. The van der Waals surface area contributed by atoms with Crippen LogP contribution in [-0.4, -0.2) is 45.7 Å². The fourth-order valence-electron chi connectivity index (χ4n) is 3.44. The molecule has 13 heteroatoms. The number of hydrogen-bond acceptors (Lipinski definition) is 8. The number of halogens is 3. The third-order valence-corrected chi connectivity index (χ3v) is 7.19. The molecular formula is C27H26F3NO8S. The second kappa shape index (κ2) is 13.7. The summed E-state index contributed by atoms with van der Waals surface area (Å²) in [5.74, 6) is -1.08. The van der Waals surface area contributed by atoms with Crippen LogP contribution in [0.5, 0.6) is 17.2 Å². The highest BCUT2D eigenvalue weighted by atomic mass is 32.2. The van der Waals surface area contributed by atoms with Crippen molar-refractivity contribution >= 4 is 21.9 Å². The van der Waals surface area contributed by atoms with Crippen LogP contribution < -0.4 is 14.8 Å². The Labute approximate surface area is 228 Å². The van der Waals surface area contributed by atoms with E-state index in [0.717, 1.165) is 17.7 Å². The Morgan fingerprint density at radius 2 is 1.45 bits per heavy atom. The van der Waals surface area contributed by atoms with Crippen molar-refractivity contribution < 1.29 is 50.1 Å². The van der Waals surface area contributed by atoms with E-state index in [2.05, 4.69) is 14.8 Å². The number of carbonyl (C=O) groups excluding carboxylic acids is 2. The number of sulfone groups is 1. The molecule has 3 rings (SSSR count). The van der Waals surface area contributed by atoms with Gasteiger partial charge in [0, 0.05) is 12.5 Å². The van der Waals surface area contributed by atoms with Gasteiger partial charge in [0.25, 0.3) is 0 Å². The van der Waals surface area contributed by atoms with E-state index in [4.69, 9.17) is 9.47 Å². The third-order valence-electron chi connectivity index (χ3n) is 5.36. The molecule has 3 aromatic rings. The van der Waals surface area contributed by atoms with Gasteiger partial charge in [-0.25, -0.2) is 13.2 Å². The van der Waals surface area contributed by atoms with Gasteiger partial charge >= 0.3 is 18.4 Å². The van der Waals surface area contributed by atoms with Crippen molar-refractivity contribution in [1.29, 1.82) is 0 Å². The van der Waals surface area contributed by atoms with Gasteiger partial charge in [-0.3, -0.25) is 4.79 Å². The summed E-state index contributed by atoms with van der Waals surface area (Å²) in [5, 5.41) is 2.50. The summed E-state index contributed by atoms with van der Waals surface area (Å²) in [7, 11) is -2.74. The number of alkyl carbamates (subject to hydrolysis) is 1. The molecule has 0 spiro atoms. The number of methoxy groups -OCH3 is 1. The Hall–Kier alpha value is -4.26. The van der Waals surface area contributed by atoms with E-state index >= 15 is 0 Å². The molecule has 0 fully saturated rings. The molecule has 0 bridgehead atoms. The number of nitrogens with one attached hydrogen (secondary N) is 1. The Balaban J connectivity index is 1.63. The van der Waals surface area contributed by atoms with Gasteiger partial charge in [0.2, 0.25) is 0 Å². The van der Waals surface area contributed by atoms with Crippen molar-refractivity contribution in [2.24, 2.45) is 0 Å². The highest BCUT2D eigenvalue weighted by Gasteiger charge is 2.31. The van der Waals surface area contributed by atoms with E-state index in [1.54, 1.807) is 24.3 Å². The van der Waals surface area contributed by atoms with Crippen LogP contribution in [0.4, 0.5) is 18.0 Å². The molecule has 1 amide bonds. The van der Waals surface area contributed by atoms with Gasteiger partial charge in [0.1, 0.15) is 23.9 Å². The lowest BCUT2D eigenvalue weighted by Gasteiger charge is -2.18. The Kier molecular flexibility index (Phi) is 10.4. The lowest BCUT2D eigenvalue weighted by molar-refractivity contribution is -0.274. The van der Waals surface area contributed by atoms with E-state index < -0.39 is 45.8 Å². The number of carbonyl (C=O) groups is 2. The zero-order valence-corrected chi connectivity index (χ0v) is 22.0. The summed E-state index contributed by atoms with van der Waals surface area (Å²) in [5.41, 5.74) is 0.740. The van der Waals surface area contributed by atoms with Gasteiger partial charge in [-0.1, -0.05) is 30.3 Å². The topological polar surface area (TPSA) is 117 Å². The molecule has 40 heavy (non-hydrogen) atoms. The van der Waals surface area contributed by atoms with Crippen LogP contribution in [-0.2, 0) is 30.7 Å². The number of hydrogen-bond donors (Lipinski definition) is 1. The van der Waals surface area contributed by atoms with Crippen molar-refractivity contribution in [3.63, 3.8) is 0 Å². The minimum atomic E-state index is -4.82. The summed E-state index contributed by atoms with van der Waals surface area (Å²) in [6, 6.07) is 17.9. The standard InChI is InChI=1S/C27H26F3NO8S/c1-36-25(32)16-7-20(31-26(33)37-17-19-5-3-2-4-6-19)18-40(34,35)24-14-12-22(13-15-24)38-21-8-10-23(11-9-21)39-27(28,29)30/h2-6,8-15,20H,7,16-18H2,1H3,(H,31,33). The summed E-state index contributed by atoms with van der Waals surface area (Å²) >= 11 is 0. The molecule has 0 saturated heterocycles. The van der Waals surface area contributed by atoms with E-state index in [9.17, 15) is 31.2 Å². The highest BCUT2D eigenvalue weighted by molar-refractivity contribution is 7.91. The molecule has 1 unspecified atom stereocenters. The van der Waals surface area contributed by atoms with Crippen molar-refractivity contribution in [2.45, 2.75) is 36.7 Å². The maximum Gasteiger partial charge on any atom is 0.573 e. The molecule has 0 aliphatic rings. The fraction of sp³-hybridized carbons (Fsp3) is 0.259. The van der Waals surface area contributed by atoms with E-state index in [0.29, 0.717) is 0 Å². The second-order valence-electron chi connectivity index (χ2n) is 8.39. The number of amides is 1. The monoisotopic (exact) mass is 581 g/mol. The van der Waals surface area contributed by atoms with Crippen LogP contribution in [0.15, 0.2) is 83.8 Å². The van der Waals surface area contributed by atoms with Gasteiger partial charge < -0.3 is 24.3 Å². The second-order valence-corrected chi connectivity index (χ2v) is 10.4. The molecule has 214 valence electrons. The molecule has 9 nitrogen and oxygen atoms in total. The lowest BCUT2D eigenvalue weighted by atomic mass is 10.2. The zero-order valence-electron chi connectivity index (χ0n) is 21.2. The first kappa shape index (κ1) is 30.3. The molecule has 0 saturated carbocycles. The first-order valence-electron chi connectivity index (χ1n) is 11.8. The van der Waals surface area contributed by atoms with Crippen LogP contribution in [0.25, 0.3) is 0 Å². The van der Waals surface area contributed by atoms with Crippen molar-refractivity contribution in [1.82, 2.24) is 5.32 Å². The summed E-state index contributed by atoms with van der Waals surface area (Å²) in [4.78, 5) is 23.9. The first-order valence-corrected chi connectivity index (χ1v) is 13.5. The molecule has 0 heterocycles. The number of esters is 1. The van der Waals surface area contributed by atoms with E-state index in [1.807, 2.05) is 6.07 Å². The van der Waals surface area contributed by atoms with Crippen LogP contribution in [0.2, 0.25) is 0 Å². The van der Waals surface area contributed by atoms with Crippen LogP contribution in [0.3, 0.4) is 0 Å². The van der Waals surface area contributed by atoms with E-state index in [1.165, 1.54) is 43.5 Å². The number of rotatable bonds is 12. The molecule has 3 aromatic carbocycles. The Bertz CT molecular complexity index is 1360. The summed E-state index contributed by atoms with van der Waals surface area (Å²) in [6.45, 7) is -0.0251. The van der Waals surface area contributed by atoms with Crippen LogP contribution in [0, 0.1) is 0 Å². The maximum absolute atomic E-state index is 13.1. The van der Waals surface area contributed by atoms with Gasteiger partial charge in [-0.05, 0) is 60.5 Å². The van der Waals surface area contributed by atoms with Gasteiger partial charge in [-0.15, -0.1) is 13.2 Å². The third kappa shape index (κ3) is 10.1. The lowest BCUT2D eigenvalue weighted by Crippen LogP contribution is -2.40. The molecule has 0 aliphatic carbocycles. The molecule has 0 aromatic heterocycles. The first-order chi connectivity index (χ1) is 18.9. The largest absolute Gasteiger partial charge is 0.573 e. The molecule has 0 radical (unpaired) electrons. The van der Waals surface area contributed by atoms with Gasteiger partial charge in [0.05, 0.1) is 17.8 Å². The molecule has 1 N–H and O–H groups in total. The van der Waals surface area contributed by atoms with Crippen LogP contribution in [0.1, 0.15) is 18.4 Å². The van der Waals surface area contributed by atoms with Crippen molar-refractivity contribution in [3.8, 4) is 17.2 Å². The number of alkyl halides is 3. The van der Waals surface area contributed by atoms with Crippen molar-refractivity contribution in [3.05, 3.63) is 84.4 Å². The van der Waals surface area contributed by atoms with Gasteiger partial charge in [-0.2, -0.15) is 0 Å². The zero-order chi connectivity index (χ0) is 29.2. The average Bonchev–Trinajstić information content (AvgIpc) is 2.91. The van der Waals surface area contributed by atoms with E-state index in [-0.39, 0.29) is 35.8 Å². The summed E-state index contributed by atoms with van der Waals surface area (Å²) in [6.07, 6.45) is -5.80. The SMILES string of the molecule is COC(=O)CCC(CS(=O)(=O)c1ccc(Oc2ccc(OC(F)(F)F)cc2)cc1)NC(=O)OCc1ccccc1. The molecule has 0 aliphatic heterocycles. The predicted molar refractivity (Wildman–Crippen MR) is 136 cm³/mol. The fourth-order valence-corrected chi connectivity index (χ4v) is 4.97. The quantitative estimate of drug-likeness (QED) is 0.283. The van der Waals surface area contributed by atoms with Gasteiger partial charge in [0.15, 0.2) is 9.84 Å². The number of ether oxygens (including phenoxy) is 4. The normalized spacial score (nSPS) is 12.2. The highest BCUT2D eigenvalue weighted by Crippen LogP contribution is 2.28. The molecule has 1 atom stereocenters. The minimum Gasteiger partial charge on any atom is -0.469 e. The smallest absolute Gasteiger partial charge is 0.469 e. The van der Waals surface area contributed by atoms with Crippen LogP contribution >= 0.6 is 0 Å². The predicted octanol–water partition coefficient (Wildman–Crippen LogP) is 5.40. The minimum absolute atomic E-state index is 0.0123. The summed E-state index contributed by atoms with van der Waals surface area (Å²) < 4.78 is 82.2. The molecular weight excluding hydrogens is 555 g/mol. The maximum atomic E-state index is 13.1. The average molecular weight is 582 g/mol. The van der Waals surface area contributed by atoms with Crippen molar-refractivity contribution in [2.75, 3.05) is 12.9 Å². The Morgan fingerprint density at radius 3 is 2.02 bits per heavy atom. The Morgan fingerprint density at radius 1 is 0.875 bits per heavy atom.